The van der Waals surface area contributed by atoms with Crippen molar-refractivity contribution in [3.05, 3.63) is 59.7 Å². The number of guanidine groups is 1. The maximum absolute atomic E-state index is 10.4. The summed E-state index contributed by atoms with van der Waals surface area (Å²) < 4.78 is 10.5. The first-order valence-corrected chi connectivity index (χ1v) is 8.64. The molecular weight excluding hydrogens is 457 g/mol. The Morgan fingerprint density at radius 2 is 1.74 bits per heavy atom. The fourth-order valence-electron chi connectivity index (χ4n) is 2.48. The van der Waals surface area contributed by atoms with E-state index >= 15 is 0 Å². The van der Waals surface area contributed by atoms with Gasteiger partial charge in [0.1, 0.15) is 11.5 Å². The van der Waals surface area contributed by atoms with Gasteiger partial charge >= 0.3 is 0 Å². The first-order valence-electron chi connectivity index (χ1n) is 8.64. The van der Waals surface area contributed by atoms with E-state index in [-0.39, 0.29) is 24.0 Å². The highest BCUT2D eigenvalue weighted by molar-refractivity contribution is 14.0. The molecule has 1 unspecified atom stereocenters. The number of ether oxygens (including phenoxy) is 2. The van der Waals surface area contributed by atoms with E-state index in [9.17, 15) is 5.11 Å². The van der Waals surface area contributed by atoms with E-state index in [2.05, 4.69) is 15.6 Å². The molecule has 3 N–H and O–H groups in total. The zero-order valence-electron chi connectivity index (χ0n) is 15.9. The summed E-state index contributed by atoms with van der Waals surface area (Å²) in [7, 11) is 3.27. The summed E-state index contributed by atoms with van der Waals surface area (Å²) in [6.45, 7) is 3.57. The van der Waals surface area contributed by atoms with Crippen molar-refractivity contribution in [2.75, 3.05) is 27.3 Å². The van der Waals surface area contributed by atoms with Gasteiger partial charge in [0.05, 0.1) is 26.9 Å². The van der Waals surface area contributed by atoms with Crippen molar-refractivity contribution >= 4 is 29.9 Å². The Balaban J connectivity index is 0.00000364. The van der Waals surface area contributed by atoms with Crippen LogP contribution in [0.2, 0.25) is 0 Å². The van der Waals surface area contributed by atoms with Crippen molar-refractivity contribution < 1.29 is 14.6 Å². The number of nitrogens with zero attached hydrogens (tertiary/aromatic N) is 1. The van der Waals surface area contributed by atoms with Crippen molar-refractivity contribution in [2.24, 2.45) is 4.99 Å². The molecule has 0 bridgehead atoms. The van der Waals surface area contributed by atoms with Crippen LogP contribution in [0.25, 0.3) is 0 Å². The van der Waals surface area contributed by atoms with Crippen LogP contribution in [0.15, 0.2) is 53.5 Å². The summed E-state index contributed by atoms with van der Waals surface area (Å²) in [5, 5.41) is 16.7. The molecule has 2 rings (SSSR count). The lowest BCUT2D eigenvalue weighted by atomic mass is 10.1. The standard InChI is InChI=1S/C20H27N3O3.HI/c1-4-21-20(22-13-16-7-5-6-8-19(16)26-3)23-14-18(24)15-9-11-17(25-2)12-10-15;/h5-12,18,24H,4,13-14H2,1-3H3,(H2,21,22,23);1H. The SMILES string of the molecule is CCNC(=NCc1ccccc1OC)NCC(O)c1ccc(OC)cc1.I. The smallest absolute Gasteiger partial charge is 0.191 e. The summed E-state index contributed by atoms with van der Waals surface area (Å²) in [5.41, 5.74) is 1.82. The molecule has 148 valence electrons. The molecule has 0 heterocycles. The minimum absolute atomic E-state index is 0. The lowest BCUT2D eigenvalue weighted by Crippen LogP contribution is -2.39. The zero-order chi connectivity index (χ0) is 18.8. The topological polar surface area (TPSA) is 75.1 Å². The maximum atomic E-state index is 10.4. The second-order valence-corrected chi connectivity index (χ2v) is 5.68. The number of hydrogen-bond acceptors (Lipinski definition) is 4. The molecule has 6 nitrogen and oxygen atoms in total. The highest BCUT2D eigenvalue weighted by atomic mass is 127. The second kappa shape index (κ2) is 12.4. The van der Waals surface area contributed by atoms with Crippen LogP contribution in [-0.2, 0) is 6.54 Å². The predicted octanol–water partition coefficient (Wildman–Crippen LogP) is 3.11. The van der Waals surface area contributed by atoms with Crippen LogP contribution in [0, 0.1) is 0 Å². The maximum Gasteiger partial charge on any atom is 0.191 e. The molecule has 2 aromatic carbocycles. The molecule has 0 fully saturated rings. The largest absolute Gasteiger partial charge is 0.497 e. The number of rotatable bonds is 8. The number of aliphatic hydroxyl groups is 1. The van der Waals surface area contributed by atoms with Gasteiger partial charge in [0.2, 0.25) is 0 Å². The lowest BCUT2D eigenvalue weighted by Gasteiger charge is -2.16. The summed E-state index contributed by atoms with van der Waals surface area (Å²) in [5.74, 6) is 2.22. The Labute approximate surface area is 178 Å². The fraction of sp³-hybridized carbons (Fsp3) is 0.350. The number of halogens is 1. The quantitative estimate of drug-likeness (QED) is 0.305. The molecule has 0 saturated carbocycles. The van der Waals surface area contributed by atoms with Crippen LogP contribution >= 0.6 is 24.0 Å². The minimum atomic E-state index is -0.643. The molecule has 0 spiro atoms. The third-order valence-corrected chi connectivity index (χ3v) is 3.91. The van der Waals surface area contributed by atoms with Crippen molar-refractivity contribution in [3.63, 3.8) is 0 Å². The van der Waals surface area contributed by atoms with Gasteiger partial charge in [0, 0.05) is 18.7 Å². The summed E-state index contributed by atoms with van der Waals surface area (Å²) in [6, 6.07) is 15.2. The Hall–Kier alpha value is -2.00. The highest BCUT2D eigenvalue weighted by Gasteiger charge is 2.09. The van der Waals surface area contributed by atoms with Gasteiger partial charge in [-0.1, -0.05) is 30.3 Å². The van der Waals surface area contributed by atoms with Gasteiger partial charge in [-0.2, -0.15) is 0 Å². The molecule has 0 amide bonds. The molecule has 0 aliphatic heterocycles. The van der Waals surface area contributed by atoms with Crippen LogP contribution in [0.5, 0.6) is 11.5 Å². The van der Waals surface area contributed by atoms with Crippen LogP contribution in [0.4, 0.5) is 0 Å². The fourth-order valence-corrected chi connectivity index (χ4v) is 2.48. The molecule has 7 heteroatoms. The lowest BCUT2D eigenvalue weighted by molar-refractivity contribution is 0.180. The number of nitrogens with one attached hydrogen (secondary N) is 2. The van der Waals surface area contributed by atoms with E-state index in [1.807, 2.05) is 55.5 Å². The number of para-hydroxylation sites is 1. The Morgan fingerprint density at radius 3 is 2.37 bits per heavy atom. The average Bonchev–Trinajstić information content (AvgIpc) is 2.70. The number of benzene rings is 2. The summed E-state index contributed by atoms with van der Waals surface area (Å²) in [6.07, 6.45) is -0.643. The molecule has 0 radical (unpaired) electrons. The second-order valence-electron chi connectivity index (χ2n) is 5.68. The van der Waals surface area contributed by atoms with Gasteiger partial charge in [-0.05, 0) is 30.7 Å². The van der Waals surface area contributed by atoms with Gasteiger partial charge in [-0.3, -0.25) is 0 Å². The van der Waals surface area contributed by atoms with Gasteiger partial charge < -0.3 is 25.2 Å². The van der Waals surface area contributed by atoms with Crippen LogP contribution in [0.1, 0.15) is 24.2 Å². The first kappa shape index (κ1) is 23.0. The number of hydrogen-bond donors (Lipinski definition) is 3. The first-order chi connectivity index (χ1) is 12.7. The zero-order valence-corrected chi connectivity index (χ0v) is 18.3. The van der Waals surface area contributed by atoms with Crippen molar-refractivity contribution in [3.8, 4) is 11.5 Å². The molecule has 27 heavy (non-hydrogen) atoms. The van der Waals surface area contributed by atoms with Crippen molar-refractivity contribution in [1.29, 1.82) is 0 Å². The number of aliphatic imine (C=N–C) groups is 1. The molecular formula is C20H28IN3O3. The Morgan fingerprint density at radius 1 is 1.04 bits per heavy atom. The van der Waals surface area contributed by atoms with E-state index < -0.39 is 6.10 Å². The summed E-state index contributed by atoms with van der Waals surface area (Å²) >= 11 is 0. The molecule has 0 aliphatic rings. The molecule has 1 atom stereocenters. The van der Waals surface area contributed by atoms with Gasteiger partial charge in [0.15, 0.2) is 5.96 Å². The van der Waals surface area contributed by atoms with Gasteiger partial charge in [-0.25, -0.2) is 4.99 Å². The van der Waals surface area contributed by atoms with Crippen LogP contribution < -0.4 is 20.1 Å². The molecule has 0 aromatic heterocycles. The number of aliphatic hydroxyl groups excluding tert-OH is 1. The molecule has 2 aromatic rings. The van der Waals surface area contributed by atoms with Gasteiger partial charge in [0.25, 0.3) is 0 Å². The predicted molar refractivity (Wildman–Crippen MR) is 119 cm³/mol. The average molecular weight is 485 g/mol. The van der Waals surface area contributed by atoms with Crippen molar-refractivity contribution in [2.45, 2.75) is 19.6 Å². The minimum Gasteiger partial charge on any atom is -0.497 e. The normalized spacial score (nSPS) is 11.9. The van der Waals surface area contributed by atoms with E-state index in [1.54, 1.807) is 14.2 Å². The summed E-state index contributed by atoms with van der Waals surface area (Å²) in [4.78, 5) is 4.57. The van der Waals surface area contributed by atoms with E-state index in [0.29, 0.717) is 19.0 Å². The molecule has 0 saturated heterocycles. The van der Waals surface area contributed by atoms with Crippen LogP contribution in [-0.4, -0.2) is 38.4 Å². The third-order valence-electron chi connectivity index (χ3n) is 3.91. The Kier molecular flexibility index (Phi) is 10.6. The highest BCUT2D eigenvalue weighted by Crippen LogP contribution is 2.18. The van der Waals surface area contributed by atoms with Crippen molar-refractivity contribution in [1.82, 2.24) is 10.6 Å². The Bertz CT molecular complexity index is 708. The van der Waals surface area contributed by atoms with Gasteiger partial charge in [-0.15, -0.1) is 24.0 Å². The monoisotopic (exact) mass is 485 g/mol. The van der Waals surface area contributed by atoms with E-state index in [4.69, 9.17) is 9.47 Å². The number of methoxy groups -OCH3 is 2. The van der Waals surface area contributed by atoms with E-state index in [1.165, 1.54) is 0 Å². The third kappa shape index (κ3) is 7.26. The van der Waals surface area contributed by atoms with E-state index in [0.717, 1.165) is 29.2 Å². The van der Waals surface area contributed by atoms with Crippen LogP contribution in [0.3, 0.4) is 0 Å². The molecule has 0 aliphatic carbocycles.